The number of nitrogens with one attached hydrogen (secondary N) is 1. The van der Waals surface area contributed by atoms with Gasteiger partial charge in [0.1, 0.15) is 5.65 Å². The van der Waals surface area contributed by atoms with Gasteiger partial charge in [-0.2, -0.15) is 4.98 Å². The number of aromatic nitrogens is 3. The van der Waals surface area contributed by atoms with E-state index in [9.17, 15) is 5.11 Å². The van der Waals surface area contributed by atoms with E-state index < -0.39 is 5.60 Å². The molecule has 3 aromatic rings. The second-order valence-electron chi connectivity index (χ2n) is 12.5. The highest BCUT2D eigenvalue weighted by molar-refractivity contribution is 5.94. The van der Waals surface area contributed by atoms with Gasteiger partial charge in [0.15, 0.2) is 0 Å². The third-order valence-electron chi connectivity index (χ3n) is 8.90. The number of nitrogens with zero attached hydrogens (tertiary/aromatic N) is 5. The minimum absolute atomic E-state index is 0.334. The molecule has 1 aromatic carbocycles. The molecule has 1 saturated heterocycles. The number of benzene rings is 1. The Kier molecular flexibility index (Phi) is 8.60. The summed E-state index contributed by atoms with van der Waals surface area (Å²) in [4.78, 5) is 14.9. The summed E-state index contributed by atoms with van der Waals surface area (Å²) in [6, 6.07) is 10.4. The molecule has 5 rings (SSSR count). The van der Waals surface area contributed by atoms with Gasteiger partial charge in [-0.25, -0.2) is 4.98 Å². The lowest BCUT2D eigenvalue weighted by Gasteiger charge is -2.36. The molecule has 39 heavy (non-hydrogen) atoms. The number of piperazine rings is 1. The van der Waals surface area contributed by atoms with Gasteiger partial charge in [0, 0.05) is 74.2 Å². The summed E-state index contributed by atoms with van der Waals surface area (Å²) in [7, 11) is 0. The SMILES string of the molecule is CCC[C@H](C)Nc1ncc2c(-c3ccc(CN4CCN(C(C)C)CC4)cc3)cn(C3CCC(C)(O)CC3)c2n1. The Labute approximate surface area is 234 Å². The van der Waals surface area contributed by atoms with Gasteiger partial charge in [-0.05, 0) is 70.9 Å². The van der Waals surface area contributed by atoms with E-state index in [-0.39, 0.29) is 0 Å². The first-order valence-corrected chi connectivity index (χ1v) is 15.1. The number of hydrogen-bond donors (Lipinski definition) is 2. The zero-order chi connectivity index (χ0) is 27.6. The van der Waals surface area contributed by atoms with Gasteiger partial charge >= 0.3 is 0 Å². The van der Waals surface area contributed by atoms with Crippen molar-refractivity contribution in [1.82, 2.24) is 24.3 Å². The highest BCUT2D eigenvalue weighted by Crippen LogP contribution is 2.39. The lowest BCUT2D eigenvalue weighted by Crippen LogP contribution is -2.48. The first-order valence-electron chi connectivity index (χ1n) is 15.1. The third-order valence-corrected chi connectivity index (χ3v) is 8.90. The summed E-state index contributed by atoms with van der Waals surface area (Å²) in [6.07, 6.45) is 10.0. The van der Waals surface area contributed by atoms with E-state index in [1.165, 1.54) is 16.7 Å². The minimum atomic E-state index is -0.559. The molecule has 2 aromatic heterocycles. The molecule has 2 aliphatic rings. The molecule has 1 saturated carbocycles. The summed E-state index contributed by atoms with van der Waals surface area (Å²) >= 11 is 0. The fraction of sp³-hybridized carbons (Fsp3) is 0.625. The fourth-order valence-corrected chi connectivity index (χ4v) is 6.32. The average molecular weight is 533 g/mol. The fourth-order valence-electron chi connectivity index (χ4n) is 6.32. The first kappa shape index (κ1) is 28.1. The van der Waals surface area contributed by atoms with Gasteiger partial charge in [-0.3, -0.25) is 9.80 Å². The first-order chi connectivity index (χ1) is 18.7. The number of fused-ring (bicyclic) bond motifs is 1. The maximum absolute atomic E-state index is 10.6. The van der Waals surface area contributed by atoms with Crippen molar-refractivity contribution < 1.29 is 5.11 Å². The Balaban J connectivity index is 1.39. The molecule has 0 amide bonds. The molecule has 0 bridgehead atoms. The van der Waals surface area contributed by atoms with E-state index in [0.29, 0.717) is 24.1 Å². The second kappa shape index (κ2) is 11.9. The van der Waals surface area contributed by atoms with Crippen LogP contribution in [0.1, 0.15) is 84.7 Å². The van der Waals surface area contributed by atoms with Gasteiger partial charge in [0.2, 0.25) is 5.95 Å². The molecule has 0 spiro atoms. The normalized spacial score (nSPS) is 23.9. The molecular weight excluding hydrogens is 484 g/mol. The van der Waals surface area contributed by atoms with E-state index in [1.807, 2.05) is 13.1 Å². The van der Waals surface area contributed by atoms with Crippen LogP contribution < -0.4 is 5.32 Å². The predicted octanol–water partition coefficient (Wildman–Crippen LogP) is 6.09. The van der Waals surface area contributed by atoms with Crippen LogP contribution in [-0.4, -0.2) is 73.3 Å². The molecule has 7 heteroatoms. The topological polar surface area (TPSA) is 69.5 Å². The minimum Gasteiger partial charge on any atom is -0.390 e. The Morgan fingerprint density at radius 3 is 2.38 bits per heavy atom. The number of aliphatic hydroxyl groups is 1. The molecule has 1 atom stereocenters. The van der Waals surface area contributed by atoms with Crippen molar-refractivity contribution in [3.05, 3.63) is 42.2 Å². The molecule has 7 nitrogen and oxygen atoms in total. The maximum atomic E-state index is 10.6. The summed E-state index contributed by atoms with van der Waals surface area (Å²) in [6.45, 7) is 16.5. The van der Waals surface area contributed by atoms with E-state index in [4.69, 9.17) is 9.97 Å². The van der Waals surface area contributed by atoms with Crippen LogP contribution in [0.3, 0.4) is 0 Å². The van der Waals surface area contributed by atoms with Crippen LogP contribution in [0.15, 0.2) is 36.7 Å². The van der Waals surface area contributed by atoms with Gasteiger partial charge in [-0.15, -0.1) is 0 Å². The van der Waals surface area contributed by atoms with Crippen molar-refractivity contribution in [2.24, 2.45) is 0 Å². The van der Waals surface area contributed by atoms with E-state index >= 15 is 0 Å². The monoisotopic (exact) mass is 532 g/mol. The Bertz CT molecular complexity index is 1220. The van der Waals surface area contributed by atoms with Crippen molar-refractivity contribution in [2.45, 2.75) is 103 Å². The molecular formula is C32H48N6O. The summed E-state index contributed by atoms with van der Waals surface area (Å²) in [5.41, 5.74) is 4.19. The lowest BCUT2D eigenvalue weighted by molar-refractivity contribution is 0.0104. The molecule has 0 unspecified atom stereocenters. The second-order valence-corrected chi connectivity index (χ2v) is 12.5. The zero-order valence-electron chi connectivity index (χ0n) is 24.7. The predicted molar refractivity (Wildman–Crippen MR) is 161 cm³/mol. The molecule has 1 aliphatic heterocycles. The molecule has 212 valence electrons. The van der Waals surface area contributed by atoms with Crippen LogP contribution in [0.5, 0.6) is 0 Å². The van der Waals surface area contributed by atoms with Crippen molar-refractivity contribution in [2.75, 3.05) is 31.5 Å². The van der Waals surface area contributed by atoms with Gasteiger partial charge < -0.3 is 15.0 Å². The molecule has 1 aliphatic carbocycles. The van der Waals surface area contributed by atoms with E-state index in [2.05, 4.69) is 77.8 Å². The van der Waals surface area contributed by atoms with E-state index in [1.54, 1.807) is 0 Å². The van der Waals surface area contributed by atoms with E-state index in [0.717, 1.165) is 82.3 Å². The average Bonchev–Trinajstić information content (AvgIpc) is 3.28. The smallest absolute Gasteiger partial charge is 0.224 e. The number of rotatable bonds is 9. The van der Waals surface area contributed by atoms with Gasteiger partial charge in [0.25, 0.3) is 0 Å². The highest BCUT2D eigenvalue weighted by atomic mass is 16.3. The van der Waals surface area contributed by atoms with Gasteiger partial charge in [-0.1, -0.05) is 37.6 Å². The molecule has 3 heterocycles. The number of anilines is 1. The van der Waals surface area contributed by atoms with Gasteiger partial charge in [0.05, 0.1) is 5.60 Å². The Morgan fingerprint density at radius 2 is 1.74 bits per heavy atom. The quantitative estimate of drug-likeness (QED) is 0.348. The Hall–Kier alpha value is -2.48. The summed E-state index contributed by atoms with van der Waals surface area (Å²) in [5.74, 6) is 0.699. The van der Waals surface area contributed by atoms with Crippen LogP contribution in [0.2, 0.25) is 0 Å². The maximum Gasteiger partial charge on any atom is 0.224 e. The molecule has 2 fully saturated rings. The zero-order valence-corrected chi connectivity index (χ0v) is 24.7. The van der Waals surface area contributed by atoms with Crippen molar-refractivity contribution in [1.29, 1.82) is 0 Å². The molecule has 0 radical (unpaired) electrons. The van der Waals surface area contributed by atoms with Crippen LogP contribution in [0.4, 0.5) is 5.95 Å². The molecule has 2 N–H and O–H groups in total. The van der Waals surface area contributed by atoms with Crippen molar-refractivity contribution in [3.8, 4) is 11.1 Å². The van der Waals surface area contributed by atoms with Crippen LogP contribution >= 0.6 is 0 Å². The summed E-state index contributed by atoms with van der Waals surface area (Å²) < 4.78 is 2.36. The summed E-state index contributed by atoms with van der Waals surface area (Å²) in [5, 5.41) is 15.2. The Morgan fingerprint density at radius 1 is 1.05 bits per heavy atom. The van der Waals surface area contributed by atoms with Crippen molar-refractivity contribution >= 4 is 17.0 Å². The van der Waals surface area contributed by atoms with Crippen LogP contribution in [-0.2, 0) is 6.54 Å². The van der Waals surface area contributed by atoms with Crippen LogP contribution in [0, 0.1) is 0 Å². The largest absolute Gasteiger partial charge is 0.390 e. The van der Waals surface area contributed by atoms with Crippen LogP contribution in [0.25, 0.3) is 22.2 Å². The highest BCUT2D eigenvalue weighted by Gasteiger charge is 2.31. The standard InChI is InChI=1S/C32H48N6O/c1-6-7-24(4)34-31-33-20-28-29(22-38(30(28)35-31)27-12-14-32(5,39)15-13-27)26-10-8-25(9-11-26)21-36-16-18-37(19-17-36)23(2)3/h8-11,20,22-24,27,39H,6-7,12-19,21H2,1-5H3,(H,33,34,35)/t24-,27?,32?/m0/s1. The van der Waals surface area contributed by atoms with Crippen molar-refractivity contribution in [3.63, 3.8) is 0 Å². The number of hydrogen-bond acceptors (Lipinski definition) is 6. The lowest BCUT2D eigenvalue weighted by atomic mass is 9.83. The third kappa shape index (κ3) is 6.64.